The van der Waals surface area contributed by atoms with E-state index in [0.29, 0.717) is 11.3 Å². The first-order valence-electron chi connectivity index (χ1n) is 9.02. The highest BCUT2D eigenvalue weighted by atomic mass is 32.2. The lowest BCUT2D eigenvalue weighted by atomic mass is 10.1. The van der Waals surface area contributed by atoms with Gasteiger partial charge in [-0.3, -0.25) is 4.79 Å². The summed E-state index contributed by atoms with van der Waals surface area (Å²) in [6.45, 7) is 2.86. The number of alkyl halides is 3. The molecule has 1 amide bonds. The lowest BCUT2D eigenvalue weighted by molar-refractivity contribution is -0.137. The number of nitrogens with one attached hydrogen (secondary N) is 1. The van der Waals surface area contributed by atoms with Crippen molar-refractivity contribution >= 4 is 21.8 Å². The normalized spacial score (nSPS) is 12.1. The molecular weight excluding hydrogens is 419 g/mol. The van der Waals surface area contributed by atoms with Crippen LogP contribution < -0.4 is 9.62 Å². The number of hydrogen-bond acceptors (Lipinski definition) is 3. The Morgan fingerprint density at radius 1 is 1.07 bits per heavy atom. The molecule has 164 valence electrons. The molecule has 30 heavy (non-hydrogen) atoms. The van der Waals surface area contributed by atoms with E-state index in [1.807, 2.05) is 6.07 Å². The topological polar surface area (TPSA) is 69.7 Å². The number of halogens is 3. The van der Waals surface area contributed by atoms with Crippen molar-refractivity contribution in [2.24, 2.45) is 0 Å². The summed E-state index contributed by atoms with van der Waals surface area (Å²) >= 11 is 0. The zero-order valence-electron chi connectivity index (χ0n) is 17.1. The van der Waals surface area contributed by atoms with Gasteiger partial charge in [-0.25, -0.2) is 4.31 Å². The van der Waals surface area contributed by atoms with Gasteiger partial charge in [0.2, 0.25) is 5.91 Å². The van der Waals surface area contributed by atoms with E-state index < -0.39 is 34.4 Å². The number of nitrogens with zero attached hydrogens (tertiary/aromatic N) is 2. The van der Waals surface area contributed by atoms with Crippen LogP contribution in [0.25, 0.3) is 0 Å². The first kappa shape index (κ1) is 23.7. The fraction of sp³-hybridized carbons (Fsp3) is 0.350. The van der Waals surface area contributed by atoms with E-state index in [-0.39, 0.29) is 12.1 Å². The van der Waals surface area contributed by atoms with E-state index in [0.717, 1.165) is 26.3 Å². The SMILES string of the molecule is Cc1ccc(C)c(N(CC(=O)NCc2cccc(C(F)(F)F)c2)S(=O)(=O)N(C)C)c1. The van der Waals surface area contributed by atoms with Crippen molar-refractivity contribution in [3.8, 4) is 0 Å². The van der Waals surface area contributed by atoms with Crippen molar-refractivity contribution in [3.63, 3.8) is 0 Å². The van der Waals surface area contributed by atoms with Gasteiger partial charge in [0.05, 0.1) is 11.3 Å². The molecule has 0 aliphatic rings. The van der Waals surface area contributed by atoms with Gasteiger partial charge in [-0.2, -0.15) is 25.9 Å². The van der Waals surface area contributed by atoms with Gasteiger partial charge in [0, 0.05) is 20.6 Å². The summed E-state index contributed by atoms with van der Waals surface area (Å²) in [7, 11) is -1.27. The Labute approximate surface area is 174 Å². The standard InChI is InChI=1S/C20H24F3N3O3S/c1-14-8-9-15(2)18(10-14)26(30(28,29)25(3)4)13-19(27)24-12-16-6-5-7-17(11-16)20(21,22)23/h5-11H,12-13H2,1-4H3,(H,24,27). The molecular formula is C20H24F3N3O3S. The third-order valence-electron chi connectivity index (χ3n) is 4.40. The van der Waals surface area contributed by atoms with Gasteiger partial charge >= 0.3 is 16.4 Å². The van der Waals surface area contributed by atoms with Crippen molar-refractivity contribution in [2.75, 3.05) is 24.9 Å². The molecule has 0 aliphatic heterocycles. The Morgan fingerprint density at radius 2 is 1.73 bits per heavy atom. The third kappa shape index (κ3) is 5.73. The zero-order valence-corrected chi connectivity index (χ0v) is 17.9. The van der Waals surface area contributed by atoms with Crippen LogP contribution in [0.3, 0.4) is 0 Å². The molecule has 0 saturated carbocycles. The predicted molar refractivity (Wildman–Crippen MR) is 109 cm³/mol. The van der Waals surface area contributed by atoms with E-state index in [2.05, 4.69) is 5.32 Å². The smallest absolute Gasteiger partial charge is 0.350 e. The molecule has 2 rings (SSSR count). The monoisotopic (exact) mass is 443 g/mol. The molecule has 0 spiro atoms. The number of aryl methyl sites for hydroxylation is 2. The lowest BCUT2D eigenvalue weighted by Crippen LogP contribution is -2.46. The Balaban J connectivity index is 2.23. The fourth-order valence-corrected chi connectivity index (χ4v) is 3.84. The summed E-state index contributed by atoms with van der Waals surface area (Å²) in [4.78, 5) is 12.5. The minimum atomic E-state index is -4.49. The van der Waals surface area contributed by atoms with E-state index in [1.165, 1.54) is 26.2 Å². The number of rotatable bonds is 7. The van der Waals surface area contributed by atoms with Gasteiger partial charge in [-0.1, -0.05) is 24.3 Å². The van der Waals surface area contributed by atoms with Gasteiger partial charge in [0.1, 0.15) is 6.54 Å². The number of carbonyl (C=O) groups excluding carboxylic acids is 1. The maximum atomic E-state index is 12.8. The molecule has 6 nitrogen and oxygen atoms in total. The first-order chi connectivity index (χ1) is 13.8. The maximum absolute atomic E-state index is 12.8. The number of hydrogen-bond donors (Lipinski definition) is 1. The predicted octanol–water partition coefficient (Wildman–Crippen LogP) is 3.25. The largest absolute Gasteiger partial charge is 0.416 e. The Kier molecular flexibility index (Phi) is 7.14. The van der Waals surface area contributed by atoms with Crippen LogP contribution in [-0.2, 0) is 27.7 Å². The van der Waals surface area contributed by atoms with Gasteiger partial charge < -0.3 is 5.32 Å². The van der Waals surface area contributed by atoms with Crippen molar-refractivity contribution in [1.29, 1.82) is 0 Å². The minimum Gasteiger partial charge on any atom is -0.350 e. The second-order valence-corrected chi connectivity index (χ2v) is 9.13. The molecule has 2 aromatic carbocycles. The zero-order chi connectivity index (χ0) is 22.7. The molecule has 0 heterocycles. The number of amides is 1. The Bertz CT molecular complexity index is 1020. The van der Waals surface area contributed by atoms with Crippen LogP contribution in [0.5, 0.6) is 0 Å². The molecule has 0 unspecified atom stereocenters. The molecule has 1 N–H and O–H groups in total. The third-order valence-corrected chi connectivity index (χ3v) is 6.21. The summed E-state index contributed by atoms with van der Waals surface area (Å²) in [6, 6.07) is 9.83. The quantitative estimate of drug-likeness (QED) is 0.714. The lowest BCUT2D eigenvalue weighted by Gasteiger charge is -2.28. The Morgan fingerprint density at radius 3 is 2.33 bits per heavy atom. The van der Waals surface area contributed by atoms with E-state index in [1.54, 1.807) is 26.0 Å². The molecule has 2 aromatic rings. The summed E-state index contributed by atoms with van der Waals surface area (Å²) in [5.41, 5.74) is 1.28. The Hall–Kier alpha value is -2.59. The van der Waals surface area contributed by atoms with Crippen molar-refractivity contribution < 1.29 is 26.4 Å². The molecule has 0 aromatic heterocycles. The summed E-state index contributed by atoms with van der Waals surface area (Å²) in [5, 5.41) is 2.49. The first-order valence-corrected chi connectivity index (χ1v) is 10.4. The van der Waals surface area contributed by atoms with Crippen LogP contribution in [0, 0.1) is 13.8 Å². The molecule has 0 radical (unpaired) electrons. The van der Waals surface area contributed by atoms with Crippen molar-refractivity contribution in [2.45, 2.75) is 26.6 Å². The average Bonchev–Trinajstić information content (AvgIpc) is 2.66. The second-order valence-electron chi connectivity index (χ2n) is 7.06. The summed E-state index contributed by atoms with van der Waals surface area (Å²) < 4.78 is 66.1. The highest BCUT2D eigenvalue weighted by Gasteiger charge is 2.31. The van der Waals surface area contributed by atoms with Crippen LogP contribution in [0.4, 0.5) is 18.9 Å². The van der Waals surface area contributed by atoms with Crippen LogP contribution in [-0.4, -0.2) is 39.3 Å². The molecule has 0 atom stereocenters. The van der Waals surface area contributed by atoms with Crippen LogP contribution in [0.15, 0.2) is 42.5 Å². The van der Waals surface area contributed by atoms with E-state index >= 15 is 0 Å². The number of carbonyl (C=O) groups is 1. The minimum absolute atomic E-state index is 0.161. The van der Waals surface area contributed by atoms with Crippen LogP contribution in [0.1, 0.15) is 22.3 Å². The van der Waals surface area contributed by atoms with Crippen molar-refractivity contribution in [3.05, 3.63) is 64.7 Å². The van der Waals surface area contributed by atoms with Gasteiger partial charge in [0.15, 0.2) is 0 Å². The molecule has 0 fully saturated rings. The fourth-order valence-electron chi connectivity index (χ4n) is 2.72. The van der Waals surface area contributed by atoms with Gasteiger partial charge in [0.25, 0.3) is 0 Å². The molecule has 10 heteroatoms. The van der Waals surface area contributed by atoms with Crippen molar-refractivity contribution in [1.82, 2.24) is 9.62 Å². The summed E-state index contributed by atoms with van der Waals surface area (Å²) in [6.07, 6.45) is -4.49. The number of benzene rings is 2. The average molecular weight is 443 g/mol. The summed E-state index contributed by atoms with van der Waals surface area (Å²) in [5.74, 6) is -0.640. The molecule has 0 saturated heterocycles. The molecule has 0 bridgehead atoms. The second kappa shape index (κ2) is 9.05. The molecule has 0 aliphatic carbocycles. The maximum Gasteiger partial charge on any atom is 0.416 e. The number of anilines is 1. The van der Waals surface area contributed by atoms with Crippen LogP contribution >= 0.6 is 0 Å². The van der Waals surface area contributed by atoms with E-state index in [4.69, 9.17) is 0 Å². The van der Waals surface area contributed by atoms with Crippen LogP contribution in [0.2, 0.25) is 0 Å². The van der Waals surface area contributed by atoms with Gasteiger partial charge in [-0.15, -0.1) is 0 Å². The highest BCUT2D eigenvalue weighted by molar-refractivity contribution is 7.90. The van der Waals surface area contributed by atoms with E-state index in [9.17, 15) is 26.4 Å². The van der Waals surface area contributed by atoms with Gasteiger partial charge in [-0.05, 0) is 48.7 Å². The highest BCUT2D eigenvalue weighted by Crippen LogP contribution is 2.29.